The lowest BCUT2D eigenvalue weighted by Crippen LogP contribution is -2.62. The first-order valence-corrected chi connectivity index (χ1v) is 15.6. The van der Waals surface area contributed by atoms with E-state index in [2.05, 4.69) is 0 Å². The molecule has 2 aromatic carbocycles. The van der Waals surface area contributed by atoms with Crippen molar-refractivity contribution in [1.29, 1.82) is 0 Å². The zero-order valence-corrected chi connectivity index (χ0v) is 25.4. The number of nitrogens with two attached hydrogens (primary N) is 1. The lowest BCUT2D eigenvalue weighted by atomic mass is 9.85. The maximum Gasteiger partial charge on any atom is 0.255 e. The molecule has 212 valence electrons. The summed E-state index contributed by atoms with van der Waals surface area (Å²) in [5.74, 6) is -1.40. The van der Waals surface area contributed by atoms with Crippen LogP contribution in [0.2, 0.25) is 10.0 Å². The Labute approximate surface area is 244 Å². The third-order valence-electron chi connectivity index (χ3n) is 7.48. The van der Waals surface area contributed by atoms with Gasteiger partial charge in [-0.25, -0.2) is 12.8 Å². The largest absolute Gasteiger partial charge is 0.393 e. The van der Waals surface area contributed by atoms with Gasteiger partial charge in [-0.05, 0) is 81.8 Å². The molecule has 2 N–H and O–H groups in total. The van der Waals surface area contributed by atoms with E-state index in [0.717, 1.165) is 12.8 Å². The van der Waals surface area contributed by atoms with E-state index in [1.165, 1.54) is 12.1 Å². The SMILES string of the molecule is CC(C)(C)S(=O)(=O)C[C@H](C1CC1)N1C(=O)[C@@](C)(CC(N)=S)O[C@H](c2cccc(Cl)c2)C1c1ccc(Cl)c(F)c1. The molecule has 1 unspecified atom stereocenters. The second kappa shape index (κ2) is 10.9. The van der Waals surface area contributed by atoms with Crippen LogP contribution in [-0.2, 0) is 19.4 Å². The van der Waals surface area contributed by atoms with E-state index < -0.39 is 50.1 Å². The van der Waals surface area contributed by atoms with Crippen LogP contribution in [0, 0.1) is 11.7 Å². The third-order valence-corrected chi connectivity index (χ3v) is 10.8. The smallest absolute Gasteiger partial charge is 0.255 e. The molecule has 2 aromatic rings. The summed E-state index contributed by atoms with van der Waals surface area (Å²) in [7, 11) is -3.65. The van der Waals surface area contributed by atoms with Crippen LogP contribution in [0.25, 0.3) is 0 Å². The van der Waals surface area contributed by atoms with E-state index in [9.17, 15) is 17.6 Å². The van der Waals surface area contributed by atoms with Crippen molar-refractivity contribution >= 4 is 56.2 Å². The van der Waals surface area contributed by atoms with Crippen molar-refractivity contribution in [3.8, 4) is 0 Å². The number of rotatable bonds is 8. The van der Waals surface area contributed by atoms with Crippen molar-refractivity contribution in [1.82, 2.24) is 4.90 Å². The Kier molecular flexibility index (Phi) is 8.43. The van der Waals surface area contributed by atoms with Crippen LogP contribution in [0.5, 0.6) is 0 Å². The maximum atomic E-state index is 14.8. The molecule has 1 amide bonds. The number of ether oxygens (including phenoxy) is 1. The van der Waals surface area contributed by atoms with Gasteiger partial charge in [-0.15, -0.1) is 0 Å². The number of thiocarbonyl (C=S) groups is 1. The average Bonchev–Trinajstić information content (AvgIpc) is 3.65. The first kappa shape index (κ1) is 30.2. The van der Waals surface area contributed by atoms with Crippen LogP contribution in [-0.4, -0.2) is 46.4 Å². The zero-order chi connectivity index (χ0) is 28.9. The fraction of sp³-hybridized carbons (Fsp3) is 0.500. The highest BCUT2D eigenvalue weighted by molar-refractivity contribution is 7.92. The molecule has 6 nitrogen and oxygen atoms in total. The number of carbonyl (C=O) groups is 1. The van der Waals surface area contributed by atoms with Crippen molar-refractivity contribution in [2.24, 2.45) is 11.7 Å². The normalized spacial score (nSPS) is 25.0. The molecule has 2 fully saturated rings. The van der Waals surface area contributed by atoms with Crippen LogP contribution in [0.15, 0.2) is 42.5 Å². The molecule has 0 spiro atoms. The molecule has 39 heavy (non-hydrogen) atoms. The molecule has 11 heteroatoms. The summed E-state index contributed by atoms with van der Waals surface area (Å²) in [6, 6.07) is 9.78. The van der Waals surface area contributed by atoms with E-state index in [1.807, 2.05) is 6.07 Å². The standard InChI is InChI=1S/C28H33Cl2FN2O4S2/c1-27(2,3)39(35,36)15-22(16-8-9-16)33-24(17-10-11-20(30)21(31)13-17)25(18-6-5-7-19(29)12-18)37-28(4,26(33)34)14-23(32)38/h5-7,10-13,16,22,24-25H,8-9,14-15H2,1-4H3,(H2,32,38)/t22-,24?,25-,28-/m1/s1. The Morgan fingerprint density at radius 1 is 1.21 bits per heavy atom. The van der Waals surface area contributed by atoms with E-state index in [1.54, 1.807) is 56.9 Å². The molecular formula is C28H33Cl2FN2O4S2. The Bertz CT molecular complexity index is 1390. The van der Waals surface area contributed by atoms with E-state index in [4.69, 9.17) is 45.9 Å². The number of halogens is 3. The van der Waals surface area contributed by atoms with Gasteiger partial charge < -0.3 is 15.4 Å². The molecule has 0 radical (unpaired) electrons. The van der Waals surface area contributed by atoms with Gasteiger partial charge in [-0.1, -0.05) is 53.6 Å². The van der Waals surface area contributed by atoms with Gasteiger partial charge in [0.15, 0.2) is 15.4 Å². The van der Waals surface area contributed by atoms with Gasteiger partial charge in [-0.3, -0.25) is 4.79 Å². The summed E-state index contributed by atoms with van der Waals surface area (Å²) >= 11 is 17.5. The number of hydrogen-bond acceptors (Lipinski definition) is 5. The lowest BCUT2D eigenvalue weighted by Gasteiger charge is -2.52. The minimum atomic E-state index is -3.65. The summed E-state index contributed by atoms with van der Waals surface area (Å²) in [5, 5.41) is 0.380. The van der Waals surface area contributed by atoms with Crippen molar-refractivity contribution < 1.29 is 22.3 Å². The highest BCUT2D eigenvalue weighted by Gasteiger charge is 2.56. The predicted molar refractivity (Wildman–Crippen MR) is 156 cm³/mol. The highest BCUT2D eigenvalue weighted by Crippen LogP contribution is 2.51. The number of sulfone groups is 1. The van der Waals surface area contributed by atoms with Gasteiger partial charge in [0.2, 0.25) is 0 Å². The molecule has 1 saturated carbocycles. The number of nitrogens with zero attached hydrogens (tertiary/aromatic N) is 1. The molecule has 0 aromatic heterocycles. The van der Waals surface area contributed by atoms with Gasteiger partial charge in [0, 0.05) is 17.5 Å². The Hall–Kier alpha value is -1.78. The first-order valence-electron chi connectivity index (χ1n) is 12.8. The fourth-order valence-electron chi connectivity index (χ4n) is 5.11. The summed E-state index contributed by atoms with van der Waals surface area (Å²) in [6.07, 6.45) is 0.648. The van der Waals surface area contributed by atoms with Crippen molar-refractivity contribution in [3.63, 3.8) is 0 Å². The summed E-state index contributed by atoms with van der Waals surface area (Å²) in [5.41, 5.74) is 5.49. The summed E-state index contributed by atoms with van der Waals surface area (Å²) in [6.45, 7) is 6.54. The van der Waals surface area contributed by atoms with Gasteiger partial charge in [-0.2, -0.15) is 0 Å². The minimum absolute atomic E-state index is 0.0436. The van der Waals surface area contributed by atoms with Crippen molar-refractivity contribution in [2.75, 3.05) is 5.75 Å². The van der Waals surface area contributed by atoms with Crippen LogP contribution in [0.1, 0.15) is 70.2 Å². The Morgan fingerprint density at radius 3 is 2.41 bits per heavy atom. The molecule has 2 aliphatic rings. The second-order valence-corrected chi connectivity index (χ2v) is 15.8. The monoisotopic (exact) mass is 614 g/mol. The van der Waals surface area contributed by atoms with Crippen LogP contribution >= 0.6 is 35.4 Å². The van der Waals surface area contributed by atoms with E-state index in [-0.39, 0.29) is 28.1 Å². The van der Waals surface area contributed by atoms with E-state index in [0.29, 0.717) is 16.1 Å². The van der Waals surface area contributed by atoms with Crippen molar-refractivity contribution in [2.45, 2.75) is 75.5 Å². The van der Waals surface area contributed by atoms with Crippen LogP contribution in [0.4, 0.5) is 4.39 Å². The summed E-state index contributed by atoms with van der Waals surface area (Å²) in [4.78, 5) is 16.1. The molecule has 1 heterocycles. The number of amides is 1. The predicted octanol–water partition coefficient (Wildman–Crippen LogP) is 6.20. The van der Waals surface area contributed by atoms with Gasteiger partial charge in [0.25, 0.3) is 5.91 Å². The highest BCUT2D eigenvalue weighted by atomic mass is 35.5. The quantitative estimate of drug-likeness (QED) is 0.356. The average molecular weight is 616 g/mol. The Balaban J connectivity index is 1.97. The zero-order valence-electron chi connectivity index (χ0n) is 22.3. The van der Waals surface area contributed by atoms with Gasteiger partial charge in [0.05, 0.1) is 26.6 Å². The maximum absolute atomic E-state index is 14.8. The minimum Gasteiger partial charge on any atom is -0.393 e. The first-order chi connectivity index (χ1) is 18.0. The van der Waals surface area contributed by atoms with Crippen LogP contribution < -0.4 is 5.73 Å². The molecule has 1 aliphatic heterocycles. The summed E-state index contributed by atoms with van der Waals surface area (Å²) < 4.78 is 47.4. The van der Waals surface area contributed by atoms with Crippen molar-refractivity contribution in [3.05, 3.63) is 69.5 Å². The topological polar surface area (TPSA) is 89.7 Å². The van der Waals surface area contributed by atoms with Crippen LogP contribution in [0.3, 0.4) is 0 Å². The number of hydrogen-bond donors (Lipinski definition) is 1. The Morgan fingerprint density at radius 2 is 1.87 bits per heavy atom. The van der Waals surface area contributed by atoms with E-state index >= 15 is 0 Å². The molecule has 0 bridgehead atoms. The second-order valence-electron chi connectivity index (χ2n) is 11.6. The number of carbonyl (C=O) groups excluding carboxylic acids is 1. The number of benzene rings is 2. The molecule has 4 rings (SSSR count). The molecule has 1 saturated heterocycles. The van der Waals surface area contributed by atoms with Gasteiger partial charge in [0.1, 0.15) is 11.9 Å². The molecular weight excluding hydrogens is 582 g/mol. The third kappa shape index (κ3) is 6.27. The number of morpholine rings is 1. The molecule has 4 atom stereocenters. The lowest BCUT2D eigenvalue weighted by molar-refractivity contribution is -0.201. The fourth-order valence-corrected chi connectivity index (χ4v) is 7.09. The van der Waals surface area contributed by atoms with Gasteiger partial charge >= 0.3 is 0 Å². The molecule has 1 aliphatic carbocycles.